The molecule has 0 radical (unpaired) electrons. The lowest BCUT2D eigenvalue weighted by Gasteiger charge is -2.18. The highest BCUT2D eigenvalue weighted by Crippen LogP contribution is 2.26. The number of hydrogen-bond acceptors (Lipinski definition) is 3. The van der Waals surface area contributed by atoms with E-state index in [9.17, 15) is 0 Å². The van der Waals surface area contributed by atoms with Crippen molar-refractivity contribution in [3.05, 3.63) is 32.7 Å². The monoisotopic (exact) mass is 350 g/mol. The molecule has 1 aromatic carbocycles. The summed E-state index contributed by atoms with van der Waals surface area (Å²) in [5.41, 5.74) is 3.87. The number of hydrogen-bond donors (Lipinski definition) is 2. The van der Waals surface area contributed by atoms with Gasteiger partial charge in [-0.1, -0.05) is 44.8 Å². The number of benzene rings is 1. The molecular formula is C11H16Br2N2O. The SMILES string of the molecule is CCCOCC(NN)c1ccc(Br)cc1Br. The second kappa shape index (κ2) is 7.40. The fraction of sp³-hybridized carbons (Fsp3) is 0.455. The third-order valence-corrected chi connectivity index (χ3v) is 3.35. The van der Waals surface area contributed by atoms with Crippen molar-refractivity contribution in [3.63, 3.8) is 0 Å². The molecule has 3 nitrogen and oxygen atoms in total. The average Bonchev–Trinajstić information content (AvgIpc) is 2.26. The molecule has 1 aromatic rings. The van der Waals surface area contributed by atoms with Crippen LogP contribution in [-0.4, -0.2) is 13.2 Å². The fourth-order valence-electron chi connectivity index (χ4n) is 1.36. The van der Waals surface area contributed by atoms with E-state index in [4.69, 9.17) is 10.6 Å². The van der Waals surface area contributed by atoms with Crippen molar-refractivity contribution in [2.75, 3.05) is 13.2 Å². The minimum Gasteiger partial charge on any atom is -0.379 e. The Hall–Kier alpha value is 0.0600. The van der Waals surface area contributed by atoms with Gasteiger partial charge >= 0.3 is 0 Å². The van der Waals surface area contributed by atoms with Gasteiger partial charge in [0.25, 0.3) is 0 Å². The summed E-state index contributed by atoms with van der Waals surface area (Å²) in [6.07, 6.45) is 1.01. The smallest absolute Gasteiger partial charge is 0.0704 e. The Bertz CT molecular complexity index is 334. The third kappa shape index (κ3) is 4.14. The zero-order valence-electron chi connectivity index (χ0n) is 9.17. The summed E-state index contributed by atoms with van der Waals surface area (Å²) in [5, 5.41) is 0. The summed E-state index contributed by atoms with van der Waals surface area (Å²) in [5.74, 6) is 5.53. The van der Waals surface area contributed by atoms with Crippen LogP contribution in [0, 0.1) is 0 Å². The van der Waals surface area contributed by atoms with E-state index in [2.05, 4.69) is 44.2 Å². The molecule has 90 valence electrons. The van der Waals surface area contributed by atoms with Crippen LogP contribution in [0.1, 0.15) is 24.9 Å². The predicted octanol–water partition coefficient (Wildman–Crippen LogP) is 3.14. The lowest BCUT2D eigenvalue weighted by molar-refractivity contribution is 0.112. The zero-order valence-corrected chi connectivity index (χ0v) is 12.3. The maximum absolute atomic E-state index is 5.53. The molecule has 0 spiro atoms. The molecule has 0 aliphatic rings. The summed E-state index contributed by atoms with van der Waals surface area (Å²) >= 11 is 6.93. The molecule has 0 aliphatic heterocycles. The number of halogens is 2. The second-order valence-corrected chi connectivity index (χ2v) is 5.23. The van der Waals surface area contributed by atoms with E-state index in [0.29, 0.717) is 6.61 Å². The number of ether oxygens (including phenoxy) is 1. The predicted molar refractivity (Wildman–Crippen MR) is 73.0 cm³/mol. The first-order valence-corrected chi connectivity index (χ1v) is 6.76. The van der Waals surface area contributed by atoms with E-state index in [1.807, 2.05) is 18.2 Å². The lowest BCUT2D eigenvalue weighted by Crippen LogP contribution is -2.31. The molecule has 0 saturated carbocycles. The van der Waals surface area contributed by atoms with Crippen molar-refractivity contribution in [2.24, 2.45) is 5.84 Å². The Kier molecular flexibility index (Phi) is 6.53. The molecule has 0 amide bonds. The van der Waals surface area contributed by atoms with E-state index in [1.165, 1.54) is 0 Å². The molecule has 0 heterocycles. The zero-order chi connectivity index (χ0) is 12.0. The van der Waals surface area contributed by atoms with Crippen LogP contribution < -0.4 is 11.3 Å². The van der Waals surface area contributed by atoms with Gasteiger partial charge in [-0.3, -0.25) is 11.3 Å². The van der Waals surface area contributed by atoms with E-state index in [1.54, 1.807) is 0 Å². The normalized spacial score (nSPS) is 12.8. The van der Waals surface area contributed by atoms with Gasteiger partial charge in [0.15, 0.2) is 0 Å². The molecule has 1 atom stereocenters. The van der Waals surface area contributed by atoms with Crippen LogP contribution >= 0.6 is 31.9 Å². The van der Waals surface area contributed by atoms with Gasteiger partial charge in [0.1, 0.15) is 0 Å². The Morgan fingerprint density at radius 2 is 2.19 bits per heavy atom. The van der Waals surface area contributed by atoms with E-state index < -0.39 is 0 Å². The van der Waals surface area contributed by atoms with Crippen LogP contribution in [0.2, 0.25) is 0 Å². The van der Waals surface area contributed by atoms with Crippen molar-refractivity contribution >= 4 is 31.9 Å². The largest absolute Gasteiger partial charge is 0.379 e. The van der Waals surface area contributed by atoms with Crippen molar-refractivity contribution < 1.29 is 4.74 Å². The third-order valence-electron chi connectivity index (χ3n) is 2.17. The van der Waals surface area contributed by atoms with Crippen molar-refractivity contribution in [1.29, 1.82) is 0 Å². The molecular weight excluding hydrogens is 336 g/mol. The van der Waals surface area contributed by atoms with Gasteiger partial charge < -0.3 is 4.74 Å². The molecule has 0 aromatic heterocycles. The Morgan fingerprint density at radius 3 is 2.75 bits per heavy atom. The summed E-state index contributed by atoms with van der Waals surface area (Å²) in [4.78, 5) is 0. The van der Waals surface area contributed by atoms with Gasteiger partial charge in [-0.15, -0.1) is 0 Å². The molecule has 0 saturated heterocycles. The van der Waals surface area contributed by atoms with Gasteiger partial charge in [0.2, 0.25) is 0 Å². The lowest BCUT2D eigenvalue weighted by atomic mass is 10.1. The van der Waals surface area contributed by atoms with Gasteiger partial charge in [-0.2, -0.15) is 0 Å². The molecule has 0 fully saturated rings. The maximum Gasteiger partial charge on any atom is 0.0704 e. The first-order chi connectivity index (χ1) is 7.69. The highest BCUT2D eigenvalue weighted by atomic mass is 79.9. The summed E-state index contributed by atoms with van der Waals surface area (Å²) < 4.78 is 7.55. The van der Waals surface area contributed by atoms with Gasteiger partial charge in [-0.05, 0) is 24.1 Å². The van der Waals surface area contributed by atoms with E-state index in [-0.39, 0.29) is 6.04 Å². The second-order valence-electron chi connectivity index (χ2n) is 3.46. The number of nitrogens with two attached hydrogens (primary N) is 1. The Morgan fingerprint density at radius 1 is 1.44 bits per heavy atom. The highest BCUT2D eigenvalue weighted by molar-refractivity contribution is 9.11. The van der Waals surface area contributed by atoms with Crippen molar-refractivity contribution in [3.8, 4) is 0 Å². The van der Waals surface area contributed by atoms with Crippen LogP contribution in [-0.2, 0) is 4.74 Å². The average molecular weight is 352 g/mol. The topological polar surface area (TPSA) is 47.3 Å². The van der Waals surface area contributed by atoms with E-state index in [0.717, 1.165) is 27.5 Å². The number of rotatable bonds is 6. The Labute approximate surface area is 113 Å². The van der Waals surface area contributed by atoms with Gasteiger partial charge in [0.05, 0.1) is 12.6 Å². The standard InChI is InChI=1S/C11H16Br2N2O/c1-2-5-16-7-11(15-14)9-4-3-8(12)6-10(9)13/h3-4,6,11,15H,2,5,7,14H2,1H3. The quantitative estimate of drug-likeness (QED) is 0.470. The minimum absolute atomic E-state index is 0.00836. The molecule has 5 heteroatoms. The number of hydrazine groups is 1. The maximum atomic E-state index is 5.53. The van der Waals surface area contributed by atoms with Crippen LogP contribution in [0.5, 0.6) is 0 Å². The molecule has 1 rings (SSSR count). The minimum atomic E-state index is 0.00836. The first kappa shape index (κ1) is 14.1. The highest BCUT2D eigenvalue weighted by Gasteiger charge is 2.13. The van der Waals surface area contributed by atoms with Crippen LogP contribution in [0.15, 0.2) is 27.1 Å². The van der Waals surface area contributed by atoms with Gasteiger partial charge in [-0.25, -0.2) is 0 Å². The molecule has 0 aliphatic carbocycles. The van der Waals surface area contributed by atoms with Crippen LogP contribution in [0.25, 0.3) is 0 Å². The van der Waals surface area contributed by atoms with E-state index >= 15 is 0 Å². The van der Waals surface area contributed by atoms with Crippen molar-refractivity contribution in [1.82, 2.24) is 5.43 Å². The molecule has 3 N–H and O–H groups in total. The molecule has 0 bridgehead atoms. The van der Waals surface area contributed by atoms with Gasteiger partial charge in [0, 0.05) is 15.6 Å². The summed E-state index contributed by atoms with van der Waals surface area (Å²) in [7, 11) is 0. The summed E-state index contributed by atoms with van der Waals surface area (Å²) in [6.45, 7) is 3.41. The van der Waals surface area contributed by atoms with Crippen molar-refractivity contribution in [2.45, 2.75) is 19.4 Å². The summed E-state index contributed by atoms with van der Waals surface area (Å²) in [6, 6.07) is 6.02. The molecule has 1 unspecified atom stereocenters. The first-order valence-electron chi connectivity index (χ1n) is 5.17. The van der Waals surface area contributed by atoms with Crippen LogP contribution in [0.4, 0.5) is 0 Å². The Balaban J connectivity index is 2.70. The fourth-order valence-corrected chi connectivity index (χ4v) is 2.68. The number of nitrogens with one attached hydrogen (secondary N) is 1. The van der Waals surface area contributed by atoms with Crippen LogP contribution in [0.3, 0.4) is 0 Å². The molecule has 16 heavy (non-hydrogen) atoms.